The lowest BCUT2D eigenvalue weighted by molar-refractivity contribution is -0.142. The number of rotatable bonds is 5. The maximum absolute atomic E-state index is 11.6. The van der Waals surface area contributed by atoms with Crippen LogP contribution >= 0.6 is 0 Å². The fourth-order valence-corrected chi connectivity index (χ4v) is 2.10. The van der Waals surface area contributed by atoms with Crippen LogP contribution in [0.2, 0.25) is 0 Å². The third-order valence-corrected chi connectivity index (χ3v) is 3.03. The topological polar surface area (TPSA) is 55.4 Å². The van der Waals surface area contributed by atoms with Crippen LogP contribution in [-0.2, 0) is 14.3 Å². The van der Waals surface area contributed by atoms with Crippen molar-refractivity contribution in [3.63, 3.8) is 0 Å². The molecule has 0 saturated heterocycles. The van der Waals surface area contributed by atoms with Crippen LogP contribution in [0.5, 0.6) is 0 Å². The fraction of sp³-hybridized carbons (Fsp3) is 0.833. The number of nitrogens with one attached hydrogen (secondary N) is 1. The van der Waals surface area contributed by atoms with Crippen LogP contribution in [0.3, 0.4) is 0 Å². The van der Waals surface area contributed by atoms with Gasteiger partial charge in [0.15, 0.2) is 0 Å². The van der Waals surface area contributed by atoms with E-state index in [1.54, 1.807) is 0 Å². The van der Waals surface area contributed by atoms with E-state index in [0.717, 1.165) is 32.1 Å². The van der Waals surface area contributed by atoms with Crippen molar-refractivity contribution in [2.24, 2.45) is 5.92 Å². The van der Waals surface area contributed by atoms with Crippen molar-refractivity contribution in [3.8, 4) is 0 Å². The largest absolute Gasteiger partial charge is 0.450 e. The van der Waals surface area contributed by atoms with Crippen LogP contribution in [0, 0.1) is 5.92 Å². The highest BCUT2D eigenvalue weighted by Crippen LogP contribution is 2.24. The summed E-state index contributed by atoms with van der Waals surface area (Å²) in [6.45, 7) is 3.64. The summed E-state index contributed by atoms with van der Waals surface area (Å²) < 4.78 is 4.79. The Hall–Kier alpha value is -0.900. The number of hydrogen-bond donors (Lipinski definition) is 1. The Labute approximate surface area is 96.7 Å². The van der Waals surface area contributed by atoms with E-state index >= 15 is 0 Å². The summed E-state index contributed by atoms with van der Waals surface area (Å²) in [5, 5.41) is 3.09. The first-order valence-corrected chi connectivity index (χ1v) is 5.99. The maximum atomic E-state index is 11.6. The van der Waals surface area contributed by atoms with Gasteiger partial charge in [0.1, 0.15) is 12.5 Å². The highest BCUT2D eigenvalue weighted by Gasteiger charge is 2.23. The van der Waals surface area contributed by atoms with Gasteiger partial charge in [0.05, 0.1) is 0 Å². The second-order valence-electron chi connectivity index (χ2n) is 4.53. The van der Waals surface area contributed by atoms with E-state index in [9.17, 15) is 9.59 Å². The van der Waals surface area contributed by atoms with Gasteiger partial charge in [-0.3, -0.25) is 14.9 Å². The molecule has 0 aliphatic heterocycles. The quantitative estimate of drug-likeness (QED) is 0.573. The van der Waals surface area contributed by atoms with Crippen LogP contribution in [0.15, 0.2) is 0 Å². The van der Waals surface area contributed by atoms with E-state index in [-0.39, 0.29) is 24.7 Å². The summed E-state index contributed by atoms with van der Waals surface area (Å²) in [5.41, 5.74) is 0. The van der Waals surface area contributed by atoms with Crippen molar-refractivity contribution in [1.29, 1.82) is 0 Å². The Kier molecular flexibility index (Phi) is 5.46. The lowest BCUT2D eigenvalue weighted by Crippen LogP contribution is -2.33. The lowest BCUT2D eigenvalue weighted by Gasteiger charge is -2.23. The molecule has 0 aromatic heterocycles. The molecule has 1 aliphatic rings. The number of esters is 1. The molecule has 92 valence electrons. The molecule has 4 heteroatoms. The van der Waals surface area contributed by atoms with Gasteiger partial charge in [0.2, 0.25) is 0 Å². The Bertz CT molecular complexity index is 253. The molecule has 1 N–H and O–H groups in total. The summed E-state index contributed by atoms with van der Waals surface area (Å²) in [6, 6.07) is 0.214. The van der Waals surface area contributed by atoms with Crippen molar-refractivity contribution in [2.75, 3.05) is 6.73 Å². The molecule has 1 rings (SSSR count). The van der Waals surface area contributed by atoms with Crippen molar-refractivity contribution in [1.82, 2.24) is 5.32 Å². The monoisotopic (exact) mass is 227 g/mol. The van der Waals surface area contributed by atoms with Crippen LogP contribution in [-0.4, -0.2) is 24.5 Å². The summed E-state index contributed by atoms with van der Waals surface area (Å²) in [7, 11) is 0. The molecule has 1 saturated carbocycles. The van der Waals surface area contributed by atoms with Crippen LogP contribution < -0.4 is 5.32 Å². The first-order chi connectivity index (χ1) is 7.59. The van der Waals surface area contributed by atoms with Gasteiger partial charge in [-0.1, -0.05) is 6.42 Å². The van der Waals surface area contributed by atoms with Gasteiger partial charge in [-0.05, 0) is 26.2 Å². The van der Waals surface area contributed by atoms with Crippen molar-refractivity contribution >= 4 is 11.8 Å². The zero-order chi connectivity index (χ0) is 12.0. The smallest absolute Gasteiger partial charge is 0.303 e. The lowest BCUT2D eigenvalue weighted by atomic mass is 9.84. The standard InChI is InChI=1S/C12H21NO3/c1-9(13-8-16-10(2)14)7-11-5-3-4-6-12(11)15/h9,11,13H,3-8H2,1-2H3. The summed E-state index contributed by atoms with van der Waals surface area (Å²) in [5.74, 6) is 0.314. The van der Waals surface area contributed by atoms with Crippen LogP contribution in [0.4, 0.5) is 0 Å². The number of carbonyl (C=O) groups excluding carboxylic acids is 2. The highest BCUT2D eigenvalue weighted by molar-refractivity contribution is 5.81. The molecule has 0 aromatic carbocycles. The molecule has 2 atom stereocenters. The van der Waals surface area contributed by atoms with Crippen LogP contribution in [0.1, 0.15) is 46.0 Å². The Morgan fingerprint density at radius 3 is 2.94 bits per heavy atom. The van der Waals surface area contributed by atoms with E-state index in [4.69, 9.17) is 4.74 Å². The average molecular weight is 227 g/mol. The molecule has 4 nitrogen and oxygen atoms in total. The minimum atomic E-state index is -0.284. The van der Waals surface area contributed by atoms with Gasteiger partial charge in [-0.15, -0.1) is 0 Å². The van der Waals surface area contributed by atoms with E-state index in [2.05, 4.69) is 5.32 Å². The second kappa shape index (κ2) is 6.63. The molecule has 1 fully saturated rings. The highest BCUT2D eigenvalue weighted by atomic mass is 16.5. The van der Waals surface area contributed by atoms with Gasteiger partial charge in [0, 0.05) is 25.3 Å². The maximum Gasteiger partial charge on any atom is 0.303 e. The first-order valence-electron chi connectivity index (χ1n) is 5.99. The summed E-state index contributed by atoms with van der Waals surface area (Å²) >= 11 is 0. The fourth-order valence-electron chi connectivity index (χ4n) is 2.10. The number of Topliss-reactive ketones (excluding diaryl/α,β-unsaturated/α-hetero) is 1. The molecule has 0 aromatic rings. The third-order valence-electron chi connectivity index (χ3n) is 3.03. The SMILES string of the molecule is CC(=O)OCNC(C)CC1CCCCC1=O. The Morgan fingerprint density at radius 1 is 1.56 bits per heavy atom. The molecule has 0 radical (unpaired) electrons. The number of hydrogen-bond acceptors (Lipinski definition) is 4. The normalized spacial score (nSPS) is 22.9. The molecule has 0 bridgehead atoms. The third kappa shape index (κ3) is 4.75. The Balaban J connectivity index is 2.19. The zero-order valence-electron chi connectivity index (χ0n) is 10.1. The van der Waals surface area contributed by atoms with Gasteiger partial charge < -0.3 is 4.74 Å². The minimum absolute atomic E-state index is 0.202. The Morgan fingerprint density at radius 2 is 2.31 bits per heavy atom. The van der Waals surface area contributed by atoms with Crippen molar-refractivity contribution in [3.05, 3.63) is 0 Å². The minimum Gasteiger partial charge on any atom is -0.450 e. The first kappa shape index (κ1) is 13.2. The number of carbonyl (C=O) groups is 2. The van der Waals surface area contributed by atoms with Gasteiger partial charge in [0.25, 0.3) is 0 Å². The molecule has 16 heavy (non-hydrogen) atoms. The summed E-state index contributed by atoms with van der Waals surface area (Å²) in [4.78, 5) is 22.1. The molecule has 1 aliphatic carbocycles. The predicted molar refractivity (Wildman–Crippen MR) is 60.8 cm³/mol. The second-order valence-corrected chi connectivity index (χ2v) is 4.53. The molecular weight excluding hydrogens is 206 g/mol. The molecule has 0 amide bonds. The van der Waals surface area contributed by atoms with Crippen molar-refractivity contribution in [2.45, 2.75) is 52.0 Å². The van der Waals surface area contributed by atoms with E-state index in [0.29, 0.717) is 5.78 Å². The van der Waals surface area contributed by atoms with Crippen LogP contribution in [0.25, 0.3) is 0 Å². The average Bonchev–Trinajstić information content (AvgIpc) is 2.21. The predicted octanol–water partition coefficient (Wildman–Crippen LogP) is 1.63. The molecule has 2 unspecified atom stereocenters. The van der Waals surface area contributed by atoms with E-state index in [1.165, 1.54) is 6.92 Å². The van der Waals surface area contributed by atoms with Gasteiger partial charge in [-0.2, -0.15) is 0 Å². The molecule has 0 spiro atoms. The van der Waals surface area contributed by atoms with Crippen molar-refractivity contribution < 1.29 is 14.3 Å². The van der Waals surface area contributed by atoms with E-state index < -0.39 is 0 Å². The molecule has 0 heterocycles. The zero-order valence-corrected chi connectivity index (χ0v) is 10.1. The van der Waals surface area contributed by atoms with E-state index in [1.807, 2.05) is 6.92 Å². The van der Waals surface area contributed by atoms with Gasteiger partial charge in [-0.25, -0.2) is 0 Å². The van der Waals surface area contributed by atoms with Gasteiger partial charge >= 0.3 is 5.97 Å². The summed E-state index contributed by atoms with van der Waals surface area (Å²) in [6.07, 6.45) is 4.80. The molecular formula is C12H21NO3. The number of ether oxygens (including phenoxy) is 1. The number of ketones is 1.